The van der Waals surface area contributed by atoms with Gasteiger partial charge < -0.3 is 4.52 Å². The molecule has 0 aliphatic rings. The first-order valence-electron chi connectivity index (χ1n) is 5.52. The van der Waals surface area contributed by atoms with Crippen LogP contribution in [0.25, 0.3) is 0 Å². The van der Waals surface area contributed by atoms with Crippen LogP contribution in [0.4, 0.5) is 0 Å². The lowest BCUT2D eigenvalue weighted by molar-refractivity contribution is 0.332. The van der Waals surface area contributed by atoms with E-state index in [-0.39, 0.29) is 0 Å². The van der Waals surface area contributed by atoms with Crippen molar-refractivity contribution < 1.29 is 9.09 Å². The van der Waals surface area contributed by atoms with E-state index in [0.29, 0.717) is 6.61 Å². The van der Waals surface area contributed by atoms with Gasteiger partial charge in [0.1, 0.15) is 0 Å². The van der Waals surface area contributed by atoms with Crippen LogP contribution >= 0.6 is 8.03 Å². The van der Waals surface area contributed by atoms with E-state index in [1.54, 1.807) is 0 Å². The Morgan fingerprint density at radius 2 is 2.00 bits per heavy atom. The van der Waals surface area contributed by atoms with E-state index in [2.05, 4.69) is 19.1 Å². The molecule has 0 aliphatic heterocycles. The third kappa shape index (κ3) is 5.76. The van der Waals surface area contributed by atoms with Crippen LogP contribution in [-0.2, 0) is 15.5 Å². The molecule has 0 amide bonds. The van der Waals surface area contributed by atoms with Gasteiger partial charge in [-0.25, -0.2) is 0 Å². The number of hydrogen-bond acceptors (Lipinski definition) is 2. The van der Waals surface area contributed by atoms with Crippen LogP contribution in [0.1, 0.15) is 25.3 Å². The molecule has 1 rings (SSSR count). The number of rotatable bonds is 7. The number of benzene rings is 1. The Hall–Kier alpha value is -0.590. The second-order valence-electron chi connectivity index (χ2n) is 3.56. The fraction of sp³-hybridized carbons (Fsp3) is 0.500. The van der Waals surface area contributed by atoms with Gasteiger partial charge in [-0.15, -0.1) is 0 Å². The topological polar surface area (TPSA) is 26.3 Å². The minimum Gasteiger partial charge on any atom is -0.330 e. The Morgan fingerprint density at radius 3 is 2.67 bits per heavy atom. The Kier molecular flexibility index (Phi) is 6.38. The van der Waals surface area contributed by atoms with Crippen molar-refractivity contribution in [2.75, 3.05) is 12.8 Å². The quantitative estimate of drug-likeness (QED) is 0.665. The second-order valence-corrected chi connectivity index (χ2v) is 5.09. The summed E-state index contributed by atoms with van der Waals surface area (Å²) in [6.07, 6.45) is 3.67. The van der Waals surface area contributed by atoms with Crippen LogP contribution in [0, 0.1) is 0 Å². The highest BCUT2D eigenvalue weighted by atomic mass is 31.1. The van der Waals surface area contributed by atoms with E-state index >= 15 is 0 Å². The van der Waals surface area contributed by atoms with Crippen molar-refractivity contribution in [2.24, 2.45) is 0 Å². The fourth-order valence-corrected chi connectivity index (χ4v) is 2.44. The summed E-state index contributed by atoms with van der Waals surface area (Å²) in [6, 6.07) is 10.1. The van der Waals surface area contributed by atoms with Gasteiger partial charge in [0, 0.05) is 6.16 Å². The first kappa shape index (κ1) is 12.5. The summed E-state index contributed by atoms with van der Waals surface area (Å²) in [5.41, 5.74) is 1.24. The molecule has 0 aromatic heterocycles. The number of hydrogen-bond donors (Lipinski definition) is 0. The van der Waals surface area contributed by atoms with Crippen LogP contribution in [0.5, 0.6) is 0 Å². The molecule has 0 heterocycles. The molecule has 1 unspecified atom stereocenters. The molecule has 84 valence electrons. The second kappa shape index (κ2) is 7.67. The molecule has 1 aromatic rings. The molecular weight excluding hydrogens is 207 g/mol. The molecule has 0 radical (unpaired) electrons. The molecule has 0 bridgehead atoms. The SMILES string of the molecule is CCCC[PH](=O)OCCc1ccccc1. The molecule has 1 atom stereocenters. The van der Waals surface area contributed by atoms with Gasteiger partial charge >= 0.3 is 0 Å². The zero-order chi connectivity index (χ0) is 10.9. The molecule has 1 aromatic carbocycles. The average Bonchev–Trinajstić information content (AvgIpc) is 2.28. The van der Waals surface area contributed by atoms with Gasteiger partial charge in [-0.3, -0.25) is 4.57 Å². The highest BCUT2D eigenvalue weighted by Gasteiger charge is 1.99. The third-order valence-corrected chi connectivity index (χ3v) is 3.52. The normalized spacial score (nSPS) is 12.6. The minimum atomic E-state index is -1.77. The van der Waals surface area contributed by atoms with Crippen LogP contribution in [-0.4, -0.2) is 12.8 Å². The predicted molar refractivity (Wildman–Crippen MR) is 64.9 cm³/mol. The molecule has 0 N–H and O–H groups in total. The number of unbranched alkanes of at least 4 members (excludes halogenated alkanes) is 1. The summed E-state index contributed by atoms with van der Waals surface area (Å²) in [5.74, 6) is 0. The minimum absolute atomic E-state index is 0.575. The molecule has 0 saturated heterocycles. The van der Waals surface area contributed by atoms with Crippen molar-refractivity contribution >= 4 is 8.03 Å². The molecule has 0 spiro atoms. The van der Waals surface area contributed by atoms with E-state index in [4.69, 9.17) is 4.52 Å². The van der Waals surface area contributed by atoms with Gasteiger partial charge in [-0.05, 0) is 18.4 Å². The molecule has 2 nitrogen and oxygen atoms in total. The fourth-order valence-electron chi connectivity index (χ4n) is 1.32. The first-order chi connectivity index (χ1) is 7.33. The van der Waals surface area contributed by atoms with Crippen LogP contribution in [0.15, 0.2) is 30.3 Å². The smallest absolute Gasteiger partial charge is 0.191 e. The zero-order valence-electron chi connectivity index (χ0n) is 9.24. The van der Waals surface area contributed by atoms with Crippen molar-refractivity contribution in [1.82, 2.24) is 0 Å². The van der Waals surface area contributed by atoms with Crippen molar-refractivity contribution in [1.29, 1.82) is 0 Å². The third-order valence-electron chi connectivity index (χ3n) is 2.23. The van der Waals surface area contributed by atoms with Gasteiger partial charge in [-0.1, -0.05) is 43.7 Å². The summed E-state index contributed by atoms with van der Waals surface area (Å²) >= 11 is 0. The van der Waals surface area contributed by atoms with E-state index < -0.39 is 8.03 Å². The highest BCUT2D eigenvalue weighted by molar-refractivity contribution is 7.39. The predicted octanol–water partition coefficient (Wildman–Crippen LogP) is 3.52. The van der Waals surface area contributed by atoms with Crippen LogP contribution < -0.4 is 0 Å². The molecule has 0 saturated carbocycles. The lowest BCUT2D eigenvalue weighted by Gasteiger charge is -2.03. The summed E-state index contributed by atoms with van der Waals surface area (Å²) < 4.78 is 16.6. The van der Waals surface area contributed by atoms with Crippen LogP contribution in [0.2, 0.25) is 0 Å². The monoisotopic (exact) mass is 226 g/mol. The standard InChI is InChI=1S/C12H19O2P/c1-2-3-11-15(13)14-10-9-12-7-5-4-6-8-12/h4-8,15H,2-3,9-11H2,1H3. The summed E-state index contributed by atoms with van der Waals surface area (Å²) in [5, 5.41) is 0. The molecule has 3 heteroatoms. The Morgan fingerprint density at radius 1 is 1.27 bits per heavy atom. The summed E-state index contributed by atoms with van der Waals surface area (Å²) in [4.78, 5) is 0. The first-order valence-corrected chi connectivity index (χ1v) is 7.05. The van der Waals surface area contributed by atoms with Crippen molar-refractivity contribution in [2.45, 2.75) is 26.2 Å². The van der Waals surface area contributed by atoms with E-state index in [9.17, 15) is 4.57 Å². The lowest BCUT2D eigenvalue weighted by atomic mass is 10.2. The Balaban J connectivity index is 2.14. The summed E-state index contributed by atoms with van der Waals surface area (Å²) in [7, 11) is -1.77. The van der Waals surface area contributed by atoms with Crippen molar-refractivity contribution in [3.05, 3.63) is 35.9 Å². The summed E-state index contributed by atoms with van der Waals surface area (Å²) in [6.45, 7) is 2.67. The average molecular weight is 226 g/mol. The van der Waals surface area contributed by atoms with Crippen LogP contribution in [0.3, 0.4) is 0 Å². The van der Waals surface area contributed by atoms with E-state index in [1.807, 2.05) is 18.2 Å². The van der Waals surface area contributed by atoms with E-state index in [0.717, 1.165) is 25.4 Å². The molecule has 0 aliphatic carbocycles. The van der Waals surface area contributed by atoms with Crippen molar-refractivity contribution in [3.63, 3.8) is 0 Å². The maximum atomic E-state index is 11.4. The van der Waals surface area contributed by atoms with Gasteiger partial charge in [0.15, 0.2) is 8.03 Å². The van der Waals surface area contributed by atoms with Gasteiger partial charge in [0.2, 0.25) is 0 Å². The Bertz CT molecular complexity index is 285. The molecular formula is C12H19O2P. The Labute approximate surface area is 92.5 Å². The molecule has 0 fully saturated rings. The lowest BCUT2D eigenvalue weighted by Crippen LogP contribution is -1.93. The van der Waals surface area contributed by atoms with Gasteiger partial charge in [0.05, 0.1) is 6.61 Å². The molecule has 15 heavy (non-hydrogen) atoms. The van der Waals surface area contributed by atoms with Crippen molar-refractivity contribution in [3.8, 4) is 0 Å². The van der Waals surface area contributed by atoms with Gasteiger partial charge in [-0.2, -0.15) is 0 Å². The maximum Gasteiger partial charge on any atom is 0.191 e. The van der Waals surface area contributed by atoms with E-state index in [1.165, 1.54) is 5.56 Å². The largest absolute Gasteiger partial charge is 0.330 e. The highest BCUT2D eigenvalue weighted by Crippen LogP contribution is 2.23. The zero-order valence-corrected chi connectivity index (χ0v) is 10.2. The van der Waals surface area contributed by atoms with Gasteiger partial charge in [0.25, 0.3) is 0 Å². The maximum absolute atomic E-state index is 11.4.